The van der Waals surface area contributed by atoms with Crippen molar-refractivity contribution in [3.63, 3.8) is 0 Å². The quantitative estimate of drug-likeness (QED) is 0.201. The lowest BCUT2D eigenvalue weighted by Gasteiger charge is -2.26. The van der Waals surface area contributed by atoms with Gasteiger partial charge in [-0.25, -0.2) is 14.1 Å². The normalized spacial score (nSPS) is 14.9. The summed E-state index contributed by atoms with van der Waals surface area (Å²) in [6, 6.07) is 17.9. The summed E-state index contributed by atoms with van der Waals surface area (Å²) in [5.41, 5.74) is 3.82. The van der Waals surface area contributed by atoms with Crippen LogP contribution in [0.25, 0.3) is 17.0 Å². The maximum absolute atomic E-state index is 13.4. The summed E-state index contributed by atoms with van der Waals surface area (Å²) in [4.78, 5) is 39.2. The molecule has 38 heavy (non-hydrogen) atoms. The molecule has 3 aromatic carbocycles. The highest BCUT2D eigenvalue weighted by atomic mass is 19.1. The molecule has 2 heterocycles. The number of fused-ring (bicyclic) bond motifs is 1. The SMILES string of the molecule is Cc1ccc(C)c(OCCCn2cc(C=C3C(=O)NC(=O)N(c4ccc(F)cc4)C3=O)c3ccccc32)c1. The Bertz CT molecular complexity index is 1590. The summed E-state index contributed by atoms with van der Waals surface area (Å²) < 4.78 is 21.4. The van der Waals surface area contributed by atoms with E-state index in [4.69, 9.17) is 4.74 Å². The number of nitrogens with one attached hydrogen (secondary N) is 1. The largest absolute Gasteiger partial charge is 0.493 e. The molecular formula is C30H26FN3O4. The van der Waals surface area contributed by atoms with Gasteiger partial charge >= 0.3 is 6.03 Å². The number of anilines is 1. The minimum absolute atomic E-state index is 0.165. The summed E-state index contributed by atoms with van der Waals surface area (Å²) in [6.45, 7) is 5.24. The number of barbiturate groups is 1. The lowest BCUT2D eigenvalue weighted by molar-refractivity contribution is -0.122. The number of para-hydroxylation sites is 1. The minimum atomic E-state index is -0.880. The maximum atomic E-state index is 13.4. The molecule has 1 aliphatic heterocycles. The highest BCUT2D eigenvalue weighted by molar-refractivity contribution is 6.39. The number of aromatic nitrogens is 1. The predicted molar refractivity (Wildman–Crippen MR) is 143 cm³/mol. The summed E-state index contributed by atoms with van der Waals surface area (Å²) in [7, 11) is 0. The van der Waals surface area contributed by atoms with Gasteiger partial charge in [0.1, 0.15) is 17.1 Å². The van der Waals surface area contributed by atoms with E-state index >= 15 is 0 Å². The van der Waals surface area contributed by atoms with E-state index in [1.807, 2.05) is 56.4 Å². The summed E-state index contributed by atoms with van der Waals surface area (Å²) in [5, 5.41) is 3.07. The second-order valence-electron chi connectivity index (χ2n) is 9.20. The van der Waals surface area contributed by atoms with Crippen molar-refractivity contribution in [2.45, 2.75) is 26.8 Å². The van der Waals surface area contributed by atoms with E-state index in [-0.39, 0.29) is 11.3 Å². The van der Waals surface area contributed by atoms with Crippen LogP contribution < -0.4 is 15.0 Å². The molecule has 1 fully saturated rings. The second kappa shape index (κ2) is 10.3. The number of imide groups is 2. The van der Waals surface area contributed by atoms with Crippen LogP contribution in [0, 0.1) is 19.7 Å². The van der Waals surface area contributed by atoms with Gasteiger partial charge in [-0.2, -0.15) is 0 Å². The van der Waals surface area contributed by atoms with Gasteiger partial charge in [-0.05, 0) is 73.9 Å². The van der Waals surface area contributed by atoms with Crippen molar-refractivity contribution >= 4 is 40.5 Å². The summed E-state index contributed by atoms with van der Waals surface area (Å²) in [5.74, 6) is -1.19. The molecule has 5 rings (SSSR count). The van der Waals surface area contributed by atoms with Crippen molar-refractivity contribution in [1.29, 1.82) is 0 Å². The van der Waals surface area contributed by atoms with Gasteiger partial charge in [0.2, 0.25) is 0 Å². The van der Waals surface area contributed by atoms with Crippen molar-refractivity contribution in [3.8, 4) is 5.75 Å². The number of amides is 4. The molecular weight excluding hydrogens is 485 g/mol. The van der Waals surface area contributed by atoms with Crippen molar-refractivity contribution < 1.29 is 23.5 Å². The zero-order valence-corrected chi connectivity index (χ0v) is 21.0. The van der Waals surface area contributed by atoms with Crippen molar-refractivity contribution in [3.05, 3.63) is 101 Å². The number of halogens is 1. The Labute approximate surface area is 219 Å². The lowest BCUT2D eigenvalue weighted by Crippen LogP contribution is -2.54. The first-order valence-electron chi connectivity index (χ1n) is 12.3. The first kappa shape index (κ1) is 25.0. The molecule has 0 radical (unpaired) electrons. The first-order chi connectivity index (χ1) is 18.3. The van der Waals surface area contributed by atoms with E-state index in [2.05, 4.69) is 16.0 Å². The van der Waals surface area contributed by atoms with Crippen LogP contribution in [0.5, 0.6) is 5.75 Å². The maximum Gasteiger partial charge on any atom is 0.335 e. The highest BCUT2D eigenvalue weighted by Crippen LogP contribution is 2.27. The zero-order chi connectivity index (χ0) is 26.8. The number of ether oxygens (including phenoxy) is 1. The van der Waals surface area contributed by atoms with Crippen LogP contribution in [0.15, 0.2) is 78.5 Å². The number of rotatable bonds is 7. The monoisotopic (exact) mass is 511 g/mol. The molecule has 0 saturated carbocycles. The zero-order valence-electron chi connectivity index (χ0n) is 21.0. The number of hydrogen-bond acceptors (Lipinski definition) is 4. The molecule has 4 aromatic rings. The van der Waals surface area contributed by atoms with Crippen LogP contribution in [0.4, 0.5) is 14.9 Å². The smallest absolute Gasteiger partial charge is 0.335 e. The predicted octanol–water partition coefficient (Wildman–Crippen LogP) is 5.53. The van der Waals surface area contributed by atoms with Crippen LogP contribution in [-0.2, 0) is 16.1 Å². The molecule has 0 atom stereocenters. The lowest BCUT2D eigenvalue weighted by atomic mass is 10.1. The van der Waals surface area contributed by atoms with E-state index in [0.717, 1.165) is 51.2 Å². The molecule has 8 heteroatoms. The molecule has 0 aliphatic carbocycles. The van der Waals surface area contributed by atoms with Crippen LogP contribution in [0.1, 0.15) is 23.1 Å². The van der Waals surface area contributed by atoms with Crippen LogP contribution >= 0.6 is 0 Å². The molecule has 0 spiro atoms. The van der Waals surface area contributed by atoms with E-state index in [9.17, 15) is 18.8 Å². The van der Waals surface area contributed by atoms with Gasteiger partial charge in [0.25, 0.3) is 11.8 Å². The van der Waals surface area contributed by atoms with E-state index < -0.39 is 23.7 Å². The molecule has 192 valence electrons. The Morgan fingerprint density at radius 2 is 1.74 bits per heavy atom. The Hall–Kier alpha value is -4.72. The molecule has 4 amide bonds. The molecule has 1 saturated heterocycles. The van der Waals surface area contributed by atoms with Gasteiger partial charge in [0, 0.05) is 29.2 Å². The fraction of sp³-hybridized carbons (Fsp3) is 0.167. The van der Waals surface area contributed by atoms with Crippen molar-refractivity contribution in [2.75, 3.05) is 11.5 Å². The van der Waals surface area contributed by atoms with Crippen LogP contribution in [-0.4, -0.2) is 29.0 Å². The molecule has 0 unspecified atom stereocenters. The Kier molecular flexibility index (Phi) is 6.79. The third-order valence-corrected chi connectivity index (χ3v) is 6.45. The van der Waals surface area contributed by atoms with E-state index in [0.29, 0.717) is 18.7 Å². The van der Waals surface area contributed by atoms with Crippen LogP contribution in [0.3, 0.4) is 0 Å². The van der Waals surface area contributed by atoms with Crippen molar-refractivity contribution in [1.82, 2.24) is 9.88 Å². The van der Waals surface area contributed by atoms with Gasteiger partial charge in [-0.15, -0.1) is 0 Å². The molecule has 0 bridgehead atoms. The van der Waals surface area contributed by atoms with Gasteiger partial charge in [0.15, 0.2) is 0 Å². The average Bonchev–Trinajstić information content (AvgIpc) is 3.24. The third kappa shape index (κ3) is 4.93. The Morgan fingerprint density at radius 3 is 2.53 bits per heavy atom. The second-order valence-corrected chi connectivity index (χ2v) is 9.20. The number of carbonyl (C=O) groups is 3. The highest BCUT2D eigenvalue weighted by Gasteiger charge is 2.37. The van der Waals surface area contributed by atoms with E-state index in [1.165, 1.54) is 18.2 Å². The fourth-order valence-corrected chi connectivity index (χ4v) is 4.49. The summed E-state index contributed by atoms with van der Waals surface area (Å²) in [6.07, 6.45) is 4.12. The Morgan fingerprint density at radius 1 is 0.974 bits per heavy atom. The van der Waals surface area contributed by atoms with Crippen LogP contribution in [0.2, 0.25) is 0 Å². The van der Waals surface area contributed by atoms with Gasteiger partial charge in [-0.3, -0.25) is 14.9 Å². The standard InChI is InChI=1S/C30H26FN3O4/c1-19-8-9-20(2)27(16-19)38-15-5-14-33-18-21(24-6-3-4-7-26(24)33)17-25-28(35)32-30(37)34(29(25)36)23-12-10-22(31)11-13-23/h3-4,6-13,16-18H,5,14-15H2,1-2H3,(H,32,35,37). The molecule has 1 aromatic heterocycles. The average molecular weight is 512 g/mol. The van der Waals surface area contributed by atoms with Gasteiger partial charge in [0.05, 0.1) is 12.3 Å². The van der Waals surface area contributed by atoms with E-state index in [1.54, 1.807) is 0 Å². The third-order valence-electron chi connectivity index (χ3n) is 6.45. The number of urea groups is 1. The molecule has 7 nitrogen and oxygen atoms in total. The molecule has 1 N–H and O–H groups in total. The summed E-state index contributed by atoms with van der Waals surface area (Å²) >= 11 is 0. The number of nitrogens with zero attached hydrogens (tertiary/aromatic N) is 2. The number of carbonyl (C=O) groups excluding carboxylic acids is 3. The number of benzene rings is 3. The topological polar surface area (TPSA) is 80.6 Å². The fourth-order valence-electron chi connectivity index (χ4n) is 4.49. The first-order valence-corrected chi connectivity index (χ1v) is 12.3. The van der Waals surface area contributed by atoms with Gasteiger partial charge in [-0.1, -0.05) is 30.3 Å². The van der Waals surface area contributed by atoms with Gasteiger partial charge < -0.3 is 9.30 Å². The minimum Gasteiger partial charge on any atom is -0.493 e. The number of aryl methyl sites for hydroxylation is 3. The Balaban J connectivity index is 1.39. The van der Waals surface area contributed by atoms with Crippen molar-refractivity contribution in [2.24, 2.45) is 0 Å². The molecule has 1 aliphatic rings. The number of hydrogen-bond donors (Lipinski definition) is 1.